The average Bonchev–Trinajstić information content (AvgIpc) is 2.10. The third-order valence-electron chi connectivity index (χ3n) is 1.74. The standard InChI is InChI=1S/C9H10F3NO2/c10-9(11,12)5-13-4-6-2-1-3-7(14)8(6)15/h1-3,13-15H,4-5H2. The SMILES string of the molecule is Oc1cccc(CNCC(F)(F)F)c1O. The van der Waals surface area contributed by atoms with Crippen molar-refractivity contribution in [1.82, 2.24) is 5.32 Å². The number of alkyl halides is 3. The van der Waals surface area contributed by atoms with Gasteiger partial charge in [-0.1, -0.05) is 12.1 Å². The average molecular weight is 221 g/mol. The Hall–Kier alpha value is -1.43. The van der Waals surface area contributed by atoms with Gasteiger partial charge in [-0.05, 0) is 6.07 Å². The van der Waals surface area contributed by atoms with E-state index in [4.69, 9.17) is 5.11 Å². The molecule has 0 saturated carbocycles. The Bertz CT molecular complexity index is 339. The zero-order valence-electron chi connectivity index (χ0n) is 7.67. The lowest BCUT2D eigenvalue weighted by Gasteiger charge is -2.09. The summed E-state index contributed by atoms with van der Waals surface area (Å²) in [5, 5.41) is 20.4. The molecule has 1 rings (SSSR count). The molecule has 0 aliphatic carbocycles. The molecule has 0 atom stereocenters. The van der Waals surface area contributed by atoms with Crippen molar-refractivity contribution >= 4 is 0 Å². The minimum atomic E-state index is -4.29. The number of benzene rings is 1. The Morgan fingerprint density at radius 3 is 2.47 bits per heavy atom. The number of hydrogen-bond acceptors (Lipinski definition) is 3. The summed E-state index contributed by atoms with van der Waals surface area (Å²) >= 11 is 0. The predicted octanol–water partition coefficient (Wildman–Crippen LogP) is 1.75. The van der Waals surface area contributed by atoms with Gasteiger partial charge < -0.3 is 15.5 Å². The van der Waals surface area contributed by atoms with E-state index in [0.29, 0.717) is 0 Å². The lowest BCUT2D eigenvalue weighted by molar-refractivity contribution is -0.125. The molecule has 0 spiro atoms. The zero-order valence-corrected chi connectivity index (χ0v) is 7.67. The van der Waals surface area contributed by atoms with Crippen LogP contribution in [-0.2, 0) is 6.54 Å². The number of halogens is 3. The van der Waals surface area contributed by atoms with Gasteiger partial charge in [0.15, 0.2) is 11.5 Å². The van der Waals surface area contributed by atoms with Crippen LogP contribution in [0.15, 0.2) is 18.2 Å². The van der Waals surface area contributed by atoms with E-state index in [1.165, 1.54) is 18.2 Å². The summed E-state index contributed by atoms with van der Waals surface area (Å²) in [5.74, 6) is -0.742. The van der Waals surface area contributed by atoms with Crippen molar-refractivity contribution in [2.75, 3.05) is 6.54 Å². The van der Waals surface area contributed by atoms with Crippen molar-refractivity contribution in [2.45, 2.75) is 12.7 Å². The summed E-state index contributed by atoms with van der Waals surface area (Å²) in [4.78, 5) is 0. The van der Waals surface area contributed by atoms with Gasteiger partial charge in [0.1, 0.15) is 0 Å². The van der Waals surface area contributed by atoms with E-state index in [1.807, 2.05) is 0 Å². The van der Waals surface area contributed by atoms with Gasteiger partial charge in [0.05, 0.1) is 6.54 Å². The minimum absolute atomic E-state index is 0.153. The molecule has 0 heterocycles. The van der Waals surface area contributed by atoms with Crippen LogP contribution in [0.5, 0.6) is 11.5 Å². The van der Waals surface area contributed by atoms with E-state index in [0.717, 1.165) is 0 Å². The molecule has 0 radical (unpaired) electrons. The van der Waals surface area contributed by atoms with Crippen LogP contribution in [0.2, 0.25) is 0 Å². The second-order valence-electron chi connectivity index (χ2n) is 3.00. The second kappa shape index (κ2) is 4.39. The first-order valence-corrected chi connectivity index (χ1v) is 4.17. The molecule has 6 heteroatoms. The maximum Gasteiger partial charge on any atom is 0.401 e. The maximum absolute atomic E-state index is 11.8. The van der Waals surface area contributed by atoms with Crippen LogP contribution in [0.1, 0.15) is 5.56 Å². The van der Waals surface area contributed by atoms with Gasteiger partial charge in [-0.15, -0.1) is 0 Å². The first-order valence-electron chi connectivity index (χ1n) is 4.17. The predicted molar refractivity (Wildman–Crippen MR) is 47.5 cm³/mol. The summed E-state index contributed by atoms with van der Waals surface area (Å²) in [5.41, 5.74) is 0.222. The fourth-order valence-corrected chi connectivity index (χ4v) is 1.06. The van der Waals surface area contributed by atoms with E-state index in [9.17, 15) is 18.3 Å². The van der Waals surface area contributed by atoms with Gasteiger partial charge in [-0.3, -0.25) is 0 Å². The third-order valence-corrected chi connectivity index (χ3v) is 1.74. The van der Waals surface area contributed by atoms with E-state index >= 15 is 0 Å². The first kappa shape index (κ1) is 11.6. The van der Waals surface area contributed by atoms with Gasteiger partial charge in [-0.2, -0.15) is 13.2 Å². The molecule has 1 aromatic carbocycles. The smallest absolute Gasteiger partial charge is 0.401 e. The highest BCUT2D eigenvalue weighted by atomic mass is 19.4. The zero-order chi connectivity index (χ0) is 11.5. The van der Waals surface area contributed by atoms with E-state index in [-0.39, 0.29) is 17.9 Å². The molecule has 0 aromatic heterocycles. The minimum Gasteiger partial charge on any atom is -0.504 e. The third kappa shape index (κ3) is 3.67. The maximum atomic E-state index is 11.8. The first-order chi connectivity index (χ1) is 6.90. The molecule has 15 heavy (non-hydrogen) atoms. The molecule has 84 valence electrons. The number of aromatic hydroxyl groups is 2. The Morgan fingerprint density at radius 2 is 1.87 bits per heavy atom. The van der Waals surface area contributed by atoms with Crippen molar-refractivity contribution in [3.8, 4) is 11.5 Å². The molecular weight excluding hydrogens is 211 g/mol. The lowest BCUT2D eigenvalue weighted by Crippen LogP contribution is -2.28. The fourth-order valence-electron chi connectivity index (χ4n) is 1.06. The number of para-hydroxylation sites is 1. The van der Waals surface area contributed by atoms with E-state index in [2.05, 4.69) is 5.32 Å². The molecule has 0 amide bonds. The van der Waals surface area contributed by atoms with Crippen molar-refractivity contribution in [3.05, 3.63) is 23.8 Å². The highest BCUT2D eigenvalue weighted by molar-refractivity contribution is 5.44. The normalized spacial score (nSPS) is 11.7. The second-order valence-corrected chi connectivity index (χ2v) is 3.00. The van der Waals surface area contributed by atoms with Crippen LogP contribution in [0.3, 0.4) is 0 Å². The fraction of sp³-hybridized carbons (Fsp3) is 0.333. The van der Waals surface area contributed by atoms with Crippen molar-refractivity contribution in [2.24, 2.45) is 0 Å². The largest absolute Gasteiger partial charge is 0.504 e. The van der Waals surface area contributed by atoms with Gasteiger partial charge in [0.25, 0.3) is 0 Å². The highest BCUT2D eigenvalue weighted by Gasteiger charge is 2.26. The van der Waals surface area contributed by atoms with Gasteiger partial charge in [-0.25, -0.2) is 0 Å². The van der Waals surface area contributed by atoms with Crippen LogP contribution in [0.4, 0.5) is 13.2 Å². The molecule has 1 aromatic rings. The monoisotopic (exact) mass is 221 g/mol. The number of hydrogen-bond donors (Lipinski definition) is 3. The number of phenolic OH excluding ortho intramolecular Hbond substituents is 2. The summed E-state index contributed by atoms with van der Waals surface area (Å²) in [6, 6.07) is 4.13. The number of nitrogens with one attached hydrogen (secondary N) is 1. The lowest BCUT2D eigenvalue weighted by atomic mass is 10.2. The molecule has 0 aliphatic rings. The van der Waals surface area contributed by atoms with Crippen molar-refractivity contribution in [1.29, 1.82) is 0 Å². The Balaban J connectivity index is 2.55. The van der Waals surface area contributed by atoms with Gasteiger partial charge in [0.2, 0.25) is 0 Å². The van der Waals surface area contributed by atoms with Crippen molar-refractivity contribution < 1.29 is 23.4 Å². The Kier molecular flexibility index (Phi) is 3.41. The molecule has 0 saturated heterocycles. The summed E-state index contributed by atoms with van der Waals surface area (Å²) in [6.45, 7) is -1.29. The highest BCUT2D eigenvalue weighted by Crippen LogP contribution is 2.28. The van der Waals surface area contributed by atoms with Crippen LogP contribution in [0.25, 0.3) is 0 Å². The molecular formula is C9H10F3NO2. The van der Waals surface area contributed by atoms with Crippen LogP contribution < -0.4 is 5.32 Å². The van der Waals surface area contributed by atoms with E-state index in [1.54, 1.807) is 0 Å². The molecule has 3 nitrogen and oxygen atoms in total. The molecule has 0 bridgehead atoms. The summed E-state index contributed by atoms with van der Waals surface area (Å²) < 4.78 is 35.3. The van der Waals surface area contributed by atoms with Gasteiger partial charge in [0, 0.05) is 12.1 Å². The van der Waals surface area contributed by atoms with E-state index < -0.39 is 18.5 Å². The van der Waals surface area contributed by atoms with Crippen molar-refractivity contribution in [3.63, 3.8) is 0 Å². The molecule has 0 unspecified atom stereocenters. The Morgan fingerprint density at radius 1 is 1.20 bits per heavy atom. The van der Waals surface area contributed by atoms with Crippen LogP contribution >= 0.6 is 0 Å². The summed E-state index contributed by atoms with van der Waals surface area (Å²) in [6.07, 6.45) is -4.29. The molecule has 0 aliphatic heterocycles. The quantitative estimate of drug-likeness (QED) is 0.681. The molecule has 0 fully saturated rings. The summed E-state index contributed by atoms with van der Waals surface area (Å²) in [7, 11) is 0. The molecule has 3 N–H and O–H groups in total. The number of rotatable bonds is 3. The number of phenols is 2. The Labute approximate surface area is 84.2 Å². The van der Waals surface area contributed by atoms with Crippen LogP contribution in [-0.4, -0.2) is 22.9 Å². The topological polar surface area (TPSA) is 52.5 Å². The van der Waals surface area contributed by atoms with Crippen LogP contribution in [0, 0.1) is 0 Å². The van der Waals surface area contributed by atoms with Gasteiger partial charge >= 0.3 is 6.18 Å².